The molecule has 0 unspecified atom stereocenters. The summed E-state index contributed by atoms with van der Waals surface area (Å²) in [5.74, 6) is -0.220. The summed E-state index contributed by atoms with van der Waals surface area (Å²) in [6.07, 6.45) is 0. The first-order chi connectivity index (χ1) is 7.84. The Hall–Kier alpha value is -1.35. The summed E-state index contributed by atoms with van der Waals surface area (Å²) < 4.78 is 0. The predicted octanol–water partition coefficient (Wildman–Crippen LogP) is 3.09. The molecule has 0 atom stereocenters. The Kier molecular flexibility index (Phi) is 4.29. The highest BCUT2D eigenvalue weighted by Crippen LogP contribution is 2.17. The van der Waals surface area contributed by atoms with Crippen LogP contribution < -0.4 is 5.32 Å². The van der Waals surface area contributed by atoms with Gasteiger partial charge in [-0.1, -0.05) is 20.8 Å². The van der Waals surface area contributed by atoms with Crippen LogP contribution in [0.15, 0.2) is 24.3 Å². The van der Waals surface area contributed by atoms with Crippen molar-refractivity contribution in [2.45, 2.75) is 20.8 Å². The van der Waals surface area contributed by atoms with Crippen molar-refractivity contribution in [1.29, 1.82) is 0 Å². The summed E-state index contributed by atoms with van der Waals surface area (Å²) in [6, 6.07) is 6.71. The van der Waals surface area contributed by atoms with Crippen molar-refractivity contribution in [3.05, 3.63) is 29.8 Å². The Labute approximate surface area is 106 Å². The Morgan fingerprint density at radius 1 is 1.18 bits per heavy atom. The van der Waals surface area contributed by atoms with E-state index in [1.165, 1.54) is 0 Å². The molecule has 17 heavy (non-hydrogen) atoms. The molecule has 1 N–H and O–H groups in total. The Balaban J connectivity index is 2.76. The molecular formula is C13H16ClNO2. The van der Waals surface area contributed by atoms with Gasteiger partial charge in [-0.25, -0.2) is 0 Å². The van der Waals surface area contributed by atoms with Crippen LogP contribution in [-0.4, -0.2) is 17.6 Å². The number of halogens is 1. The lowest BCUT2D eigenvalue weighted by Crippen LogP contribution is -2.27. The van der Waals surface area contributed by atoms with Gasteiger partial charge in [0, 0.05) is 16.7 Å². The van der Waals surface area contributed by atoms with Crippen molar-refractivity contribution in [2.75, 3.05) is 11.2 Å². The number of amides is 1. The standard InChI is InChI=1S/C13H16ClNO2/c1-13(2,3)12(17)15-10-6-4-9(5-7-10)11(16)8-14/h4-7H,8H2,1-3H3,(H,15,17). The number of hydrogen-bond donors (Lipinski definition) is 1. The molecule has 1 amide bonds. The number of anilines is 1. The first-order valence-electron chi connectivity index (χ1n) is 5.35. The van der Waals surface area contributed by atoms with Gasteiger partial charge in [0.25, 0.3) is 0 Å². The molecule has 3 nitrogen and oxygen atoms in total. The van der Waals surface area contributed by atoms with Crippen molar-refractivity contribution in [3.63, 3.8) is 0 Å². The summed E-state index contributed by atoms with van der Waals surface area (Å²) in [5.41, 5.74) is 0.787. The van der Waals surface area contributed by atoms with Gasteiger partial charge in [0.2, 0.25) is 5.91 Å². The van der Waals surface area contributed by atoms with Gasteiger partial charge in [0.05, 0.1) is 5.88 Å². The zero-order valence-electron chi connectivity index (χ0n) is 10.2. The number of benzene rings is 1. The van der Waals surface area contributed by atoms with Crippen LogP contribution in [-0.2, 0) is 4.79 Å². The molecule has 0 bridgehead atoms. The van der Waals surface area contributed by atoms with Gasteiger partial charge in [-0.2, -0.15) is 0 Å². The van der Waals surface area contributed by atoms with Crippen LogP contribution in [0.1, 0.15) is 31.1 Å². The van der Waals surface area contributed by atoms with Crippen LogP contribution in [0.4, 0.5) is 5.69 Å². The molecule has 0 saturated heterocycles. The molecular weight excluding hydrogens is 238 g/mol. The molecule has 0 aliphatic carbocycles. The van der Waals surface area contributed by atoms with Crippen molar-refractivity contribution in [3.8, 4) is 0 Å². The average Bonchev–Trinajstić information content (AvgIpc) is 2.27. The molecule has 1 aromatic carbocycles. The number of carbonyl (C=O) groups is 2. The maximum Gasteiger partial charge on any atom is 0.229 e. The maximum absolute atomic E-state index is 11.7. The second kappa shape index (κ2) is 5.32. The molecule has 1 rings (SSSR count). The fourth-order valence-electron chi connectivity index (χ4n) is 1.14. The van der Waals surface area contributed by atoms with Crippen LogP contribution in [0.25, 0.3) is 0 Å². The van der Waals surface area contributed by atoms with Crippen LogP contribution in [0, 0.1) is 5.41 Å². The molecule has 0 aromatic heterocycles. The van der Waals surface area contributed by atoms with E-state index in [0.717, 1.165) is 0 Å². The number of rotatable bonds is 3. The molecule has 0 aliphatic rings. The van der Waals surface area contributed by atoms with Crippen molar-refractivity contribution >= 4 is 29.0 Å². The van der Waals surface area contributed by atoms with Gasteiger partial charge < -0.3 is 5.32 Å². The number of ketones is 1. The first-order valence-corrected chi connectivity index (χ1v) is 5.88. The van der Waals surface area contributed by atoms with Gasteiger partial charge in [-0.05, 0) is 24.3 Å². The minimum Gasteiger partial charge on any atom is -0.326 e. The van der Waals surface area contributed by atoms with Crippen molar-refractivity contribution in [1.82, 2.24) is 0 Å². The van der Waals surface area contributed by atoms with Crippen LogP contribution in [0.3, 0.4) is 0 Å². The Bertz CT molecular complexity index is 418. The second-order valence-electron chi connectivity index (χ2n) is 4.84. The molecule has 4 heteroatoms. The van der Waals surface area contributed by atoms with E-state index in [1.54, 1.807) is 24.3 Å². The van der Waals surface area contributed by atoms with E-state index < -0.39 is 5.41 Å². The van der Waals surface area contributed by atoms with E-state index in [4.69, 9.17) is 11.6 Å². The Morgan fingerprint density at radius 2 is 1.71 bits per heavy atom. The van der Waals surface area contributed by atoms with Gasteiger partial charge in [-0.3, -0.25) is 9.59 Å². The molecule has 0 heterocycles. The van der Waals surface area contributed by atoms with E-state index in [0.29, 0.717) is 11.3 Å². The average molecular weight is 254 g/mol. The molecule has 0 saturated carbocycles. The first kappa shape index (κ1) is 13.7. The van der Waals surface area contributed by atoms with Crippen molar-refractivity contribution in [2.24, 2.45) is 5.41 Å². The smallest absolute Gasteiger partial charge is 0.229 e. The molecule has 92 valence electrons. The molecule has 0 spiro atoms. The number of Topliss-reactive ketones (excluding diaryl/α,β-unsaturated/α-hetero) is 1. The van der Waals surface area contributed by atoms with E-state index in [9.17, 15) is 9.59 Å². The number of nitrogens with one attached hydrogen (secondary N) is 1. The van der Waals surface area contributed by atoms with Crippen LogP contribution >= 0.6 is 11.6 Å². The van der Waals surface area contributed by atoms with E-state index >= 15 is 0 Å². The zero-order chi connectivity index (χ0) is 13.1. The lowest BCUT2D eigenvalue weighted by Gasteiger charge is -2.17. The third-order valence-electron chi connectivity index (χ3n) is 2.27. The summed E-state index contributed by atoms with van der Waals surface area (Å²) in [4.78, 5) is 23.0. The molecule has 1 aromatic rings. The van der Waals surface area contributed by atoms with Gasteiger partial charge in [0.1, 0.15) is 0 Å². The van der Waals surface area contributed by atoms with Crippen LogP contribution in [0.5, 0.6) is 0 Å². The Morgan fingerprint density at radius 3 is 2.12 bits per heavy atom. The minimum atomic E-state index is -0.440. The minimum absolute atomic E-state index is 0.0340. The highest BCUT2D eigenvalue weighted by molar-refractivity contribution is 6.30. The zero-order valence-corrected chi connectivity index (χ0v) is 11.0. The summed E-state index contributed by atoms with van der Waals surface area (Å²) in [6.45, 7) is 5.52. The lowest BCUT2D eigenvalue weighted by atomic mass is 9.95. The topological polar surface area (TPSA) is 46.2 Å². The van der Waals surface area contributed by atoms with E-state index in [2.05, 4.69) is 5.32 Å². The van der Waals surface area contributed by atoms with E-state index in [-0.39, 0.29) is 17.6 Å². The molecule has 0 fully saturated rings. The number of alkyl halides is 1. The number of carbonyl (C=O) groups excluding carboxylic acids is 2. The highest BCUT2D eigenvalue weighted by atomic mass is 35.5. The normalized spacial score (nSPS) is 11.1. The second-order valence-corrected chi connectivity index (χ2v) is 5.11. The third-order valence-corrected chi connectivity index (χ3v) is 2.51. The van der Waals surface area contributed by atoms with Gasteiger partial charge in [0.15, 0.2) is 5.78 Å². The fourth-order valence-corrected chi connectivity index (χ4v) is 1.29. The van der Waals surface area contributed by atoms with Crippen LogP contribution in [0.2, 0.25) is 0 Å². The van der Waals surface area contributed by atoms with Crippen molar-refractivity contribution < 1.29 is 9.59 Å². The summed E-state index contributed by atoms with van der Waals surface area (Å²) in [7, 11) is 0. The number of hydrogen-bond acceptors (Lipinski definition) is 2. The maximum atomic E-state index is 11.7. The van der Waals surface area contributed by atoms with E-state index in [1.807, 2.05) is 20.8 Å². The van der Waals surface area contributed by atoms with Gasteiger partial charge in [-0.15, -0.1) is 11.6 Å². The largest absolute Gasteiger partial charge is 0.326 e. The predicted molar refractivity (Wildman–Crippen MR) is 69.6 cm³/mol. The summed E-state index contributed by atoms with van der Waals surface area (Å²) >= 11 is 5.45. The third kappa shape index (κ3) is 3.86. The summed E-state index contributed by atoms with van der Waals surface area (Å²) in [5, 5.41) is 2.78. The SMILES string of the molecule is CC(C)(C)C(=O)Nc1ccc(C(=O)CCl)cc1. The fraction of sp³-hybridized carbons (Fsp3) is 0.385. The highest BCUT2D eigenvalue weighted by Gasteiger charge is 2.21. The molecule has 0 radical (unpaired) electrons. The quantitative estimate of drug-likeness (QED) is 0.665. The lowest BCUT2D eigenvalue weighted by molar-refractivity contribution is -0.123. The van der Waals surface area contributed by atoms with Gasteiger partial charge >= 0.3 is 0 Å². The monoisotopic (exact) mass is 253 g/mol. The molecule has 0 aliphatic heterocycles.